The molecule has 18 heavy (non-hydrogen) atoms. The van der Waals surface area contributed by atoms with Crippen LogP contribution in [-0.2, 0) is 9.53 Å². The minimum atomic E-state index is -0.154. The van der Waals surface area contributed by atoms with Gasteiger partial charge in [0.05, 0.1) is 13.5 Å². The summed E-state index contributed by atoms with van der Waals surface area (Å²) in [7, 11) is 1.43. The molecule has 0 N–H and O–H groups in total. The SMILES string of the molecule is CCCCCCCCCCCC=CCC(=O)OC. The van der Waals surface area contributed by atoms with E-state index >= 15 is 0 Å². The highest BCUT2D eigenvalue weighted by Crippen LogP contribution is 2.10. The number of methoxy groups -OCH3 is 1. The van der Waals surface area contributed by atoms with E-state index in [0.29, 0.717) is 6.42 Å². The lowest BCUT2D eigenvalue weighted by molar-refractivity contribution is -0.139. The molecule has 0 aliphatic carbocycles. The second-order valence-corrected chi connectivity index (χ2v) is 4.87. The molecule has 0 spiro atoms. The van der Waals surface area contributed by atoms with E-state index in [4.69, 9.17) is 0 Å². The van der Waals surface area contributed by atoms with Gasteiger partial charge in [0.1, 0.15) is 0 Å². The van der Waals surface area contributed by atoms with Gasteiger partial charge in [-0.1, -0.05) is 70.4 Å². The quantitative estimate of drug-likeness (QED) is 0.277. The van der Waals surface area contributed by atoms with E-state index in [-0.39, 0.29) is 5.97 Å². The Balaban J connectivity index is 3.09. The predicted molar refractivity (Wildman–Crippen MR) is 77.6 cm³/mol. The van der Waals surface area contributed by atoms with Gasteiger partial charge in [-0.2, -0.15) is 0 Å². The van der Waals surface area contributed by atoms with Crippen LogP contribution in [0.2, 0.25) is 0 Å². The topological polar surface area (TPSA) is 26.3 Å². The van der Waals surface area contributed by atoms with Gasteiger partial charge in [0.15, 0.2) is 0 Å². The van der Waals surface area contributed by atoms with Crippen LogP contribution in [0.5, 0.6) is 0 Å². The molecule has 0 radical (unpaired) electrons. The molecule has 0 saturated carbocycles. The zero-order valence-electron chi connectivity index (χ0n) is 12.2. The normalized spacial score (nSPS) is 11.0. The Hall–Kier alpha value is -0.790. The molecule has 0 aliphatic rings. The second-order valence-electron chi connectivity index (χ2n) is 4.87. The van der Waals surface area contributed by atoms with Crippen LogP contribution in [0.1, 0.15) is 77.6 Å². The zero-order chi connectivity index (χ0) is 13.5. The van der Waals surface area contributed by atoms with Crippen LogP contribution in [0, 0.1) is 0 Å². The zero-order valence-corrected chi connectivity index (χ0v) is 12.2. The van der Waals surface area contributed by atoms with Crippen LogP contribution in [0.4, 0.5) is 0 Å². The predicted octanol–water partition coefficient (Wildman–Crippen LogP) is 5.03. The molecule has 2 heteroatoms. The van der Waals surface area contributed by atoms with Crippen LogP contribution in [0.15, 0.2) is 12.2 Å². The van der Waals surface area contributed by atoms with Gasteiger partial charge < -0.3 is 4.74 Å². The standard InChI is InChI=1S/C16H30O2/c1-3-4-5-6-7-8-9-10-11-12-13-14-15-16(17)18-2/h13-14H,3-12,15H2,1-2H3. The van der Waals surface area contributed by atoms with Crippen molar-refractivity contribution in [3.05, 3.63) is 12.2 Å². The van der Waals surface area contributed by atoms with Gasteiger partial charge in [-0.3, -0.25) is 4.79 Å². The van der Waals surface area contributed by atoms with Gasteiger partial charge in [-0.25, -0.2) is 0 Å². The Bertz CT molecular complexity index is 209. The molecule has 0 aromatic heterocycles. The van der Waals surface area contributed by atoms with Gasteiger partial charge in [-0.15, -0.1) is 0 Å². The van der Waals surface area contributed by atoms with Crippen LogP contribution in [0.3, 0.4) is 0 Å². The summed E-state index contributed by atoms with van der Waals surface area (Å²) in [5, 5.41) is 0. The molecular weight excluding hydrogens is 224 g/mol. The van der Waals surface area contributed by atoms with E-state index in [1.54, 1.807) is 0 Å². The Labute approximate surface area is 113 Å². The first-order valence-corrected chi connectivity index (χ1v) is 7.53. The monoisotopic (exact) mass is 254 g/mol. The van der Waals surface area contributed by atoms with Gasteiger partial charge in [0.25, 0.3) is 0 Å². The molecule has 0 heterocycles. The van der Waals surface area contributed by atoms with Crippen molar-refractivity contribution in [3.8, 4) is 0 Å². The maximum atomic E-state index is 10.8. The smallest absolute Gasteiger partial charge is 0.309 e. The lowest BCUT2D eigenvalue weighted by Gasteiger charge is -2.00. The maximum absolute atomic E-state index is 10.8. The fraction of sp³-hybridized carbons (Fsp3) is 0.812. The highest BCUT2D eigenvalue weighted by Gasteiger charge is 1.94. The van der Waals surface area contributed by atoms with Crippen molar-refractivity contribution in [1.29, 1.82) is 0 Å². The first-order valence-electron chi connectivity index (χ1n) is 7.53. The summed E-state index contributed by atoms with van der Waals surface area (Å²) in [6.07, 6.45) is 17.8. The first-order chi connectivity index (χ1) is 8.81. The first kappa shape index (κ1) is 17.2. The molecule has 0 unspecified atom stereocenters. The van der Waals surface area contributed by atoms with Crippen molar-refractivity contribution in [1.82, 2.24) is 0 Å². The van der Waals surface area contributed by atoms with Crippen molar-refractivity contribution < 1.29 is 9.53 Å². The number of unbranched alkanes of at least 4 members (excludes halogenated alkanes) is 9. The minimum Gasteiger partial charge on any atom is -0.469 e. The molecule has 0 bridgehead atoms. The summed E-state index contributed by atoms with van der Waals surface area (Å²) in [5.74, 6) is -0.154. The summed E-state index contributed by atoms with van der Waals surface area (Å²) < 4.78 is 4.56. The molecular formula is C16H30O2. The Morgan fingerprint density at radius 2 is 1.44 bits per heavy atom. The van der Waals surface area contributed by atoms with Crippen molar-refractivity contribution >= 4 is 5.97 Å². The third kappa shape index (κ3) is 13.3. The molecule has 0 amide bonds. The number of hydrogen-bond donors (Lipinski definition) is 0. The molecule has 0 atom stereocenters. The Morgan fingerprint density at radius 3 is 2.00 bits per heavy atom. The van der Waals surface area contributed by atoms with Crippen LogP contribution < -0.4 is 0 Å². The van der Waals surface area contributed by atoms with E-state index in [9.17, 15) is 4.79 Å². The minimum absolute atomic E-state index is 0.154. The van der Waals surface area contributed by atoms with Crippen LogP contribution >= 0.6 is 0 Å². The summed E-state index contributed by atoms with van der Waals surface area (Å²) in [5.41, 5.74) is 0. The van der Waals surface area contributed by atoms with Crippen LogP contribution in [0.25, 0.3) is 0 Å². The Kier molecular flexibility index (Phi) is 13.6. The van der Waals surface area contributed by atoms with Gasteiger partial charge >= 0.3 is 5.97 Å². The van der Waals surface area contributed by atoms with Crippen molar-refractivity contribution in [2.24, 2.45) is 0 Å². The van der Waals surface area contributed by atoms with Crippen LogP contribution in [-0.4, -0.2) is 13.1 Å². The Morgan fingerprint density at radius 1 is 0.889 bits per heavy atom. The van der Waals surface area contributed by atoms with E-state index in [2.05, 4.69) is 17.7 Å². The molecule has 0 aromatic carbocycles. The fourth-order valence-corrected chi connectivity index (χ4v) is 1.95. The third-order valence-electron chi connectivity index (χ3n) is 3.15. The maximum Gasteiger partial charge on any atom is 0.309 e. The third-order valence-corrected chi connectivity index (χ3v) is 3.15. The van der Waals surface area contributed by atoms with Crippen molar-refractivity contribution in [2.75, 3.05) is 7.11 Å². The molecule has 106 valence electrons. The number of esters is 1. The number of carbonyl (C=O) groups excluding carboxylic acids is 1. The summed E-state index contributed by atoms with van der Waals surface area (Å²) >= 11 is 0. The average Bonchev–Trinajstić information content (AvgIpc) is 2.39. The molecule has 0 aromatic rings. The fourth-order valence-electron chi connectivity index (χ4n) is 1.95. The summed E-state index contributed by atoms with van der Waals surface area (Å²) in [4.78, 5) is 10.8. The largest absolute Gasteiger partial charge is 0.469 e. The summed E-state index contributed by atoms with van der Waals surface area (Å²) in [6.45, 7) is 2.26. The number of ether oxygens (including phenoxy) is 1. The average molecular weight is 254 g/mol. The molecule has 2 nitrogen and oxygen atoms in total. The molecule has 0 fully saturated rings. The van der Waals surface area contributed by atoms with Crippen molar-refractivity contribution in [3.63, 3.8) is 0 Å². The van der Waals surface area contributed by atoms with Gasteiger partial charge in [0, 0.05) is 0 Å². The van der Waals surface area contributed by atoms with E-state index in [1.807, 2.05) is 6.08 Å². The number of carbonyl (C=O) groups is 1. The lowest BCUT2D eigenvalue weighted by Crippen LogP contribution is -1.96. The van der Waals surface area contributed by atoms with E-state index in [1.165, 1.54) is 64.9 Å². The van der Waals surface area contributed by atoms with Crippen molar-refractivity contribution in [2.45, 2.75) is 77.6 Å². The number of hydrogen-bond acceptors (Lipinski definition) is 2. The van der Waals surface area contributed by atoms with E-state index in [0.717, 1.165) is 6.42 Å². The lowest BCUT2D eigenvalue weighted by atomic mass is 10.1. The second kappa shape index (κ2) is 14.3. The number of rotatable bonds is 12. The van der Waals surface area contributed by atoms with E-state index < -0.39 is 0 Å². The molecule has 0 saturated heterocycles. The van der Waals surface area contributed by atoms with Gasteiger partial charge in [0.2, 0.25) is 0 Å². The summed E-state index contributed by atoms with van der Waals surface area (Å²) in [6, 6.07) is 0. The highest BCUT2D eigenvalue weighted by atomic mass is 16.5. The highest BCUT2D eigenvalue weighted by molar-refractivity contribution is 5.70. The van der Waals surface area contributed by atoms with Gasteiger partial charge in [-0.05, 0) is 12.8 Å². The molecule has 0 rings (SSSR count). The number of allylic oxidation sites excluding steroid dienone is 1. The molecule has 0 aliphatic heterocycles.